The van der Waals surface area contributed by atoms with Crippen LogP contribution in [-0.4, -0.2) is 31.1 Å². The summed E-state index contributed by atoms with van der Waals surface area (Å²) in [6.07, 6.45) is 2.00. The number of benzene rings is 2. The van der Waals surface area contributed by atoms with Crippen molar-refractivity contribution in [3.8, 4) is 11.5 Å². The van der Waals surface area contributed by atoms with Crippen molar-refractivity contribution < 1.29 is 14.3 Å². The lowest BCUT2D eigenvalue weighted by Gasteiger charge is -2.25. The number of ether oxygens (including phenoxy) is 2. The number of methoxy groups -OCH3 is 1. The zero-order chi connectivity index (χ0) is 19.4. The van der Waals surface area contributed by atoms with E-state index in [0.717, 1.165) is 36.4 Å². The average Bonchev–Trinajstić information content (AvgIpc) is 3.16. The van der Waals surface area contributed by atoms with Crippen LogP contribution in [0.5, 0.6) is 11.5 Å². The predicted molar refractivity (Wildman–Crippen MR) is 107 cm³/mol. The first-order valence-electron chi connectivity index (χ1n) is 9.55. The van der Waals surface area contributed by atoms with Crippen molar-refractivity contribution in [2.75, 3.05) is 20.3 Å². The van der Waals surface area contributed by atoms with Gasteiger partial charge in [-0.2, -0.15) is 0 Å². The predicted octanol–water partition coefficient (Wildman–Crippen LogP) is 4.74. The normalized spacial score (nSPS) is 17.0. The minimum absolute atomic E-state index is 0.0354. The molecule has 1 aliphatic rings. The summed E-state index contributed by atoms with van der Waals surface area (Å²) in [6, 6.07) is 16.1. The summed E-state index contributed by atoms with van der Waals surface area (Å²) in [6.45, 7) is 7.39. The van der Waals surface area contributed by atoms with E-state index in [1.807, 2.05) is 41.3 Å². The van der Waals surface area contributed by atoms with Gasteiger partial charge in [0.2, 0.25) is 0 Å². The molecule has 2 aromatic carbocycles. The van der Waals surface area contributed by atoms with Crippen LogP contribution in [0.1, 0.15) is 50.8 Å². The Morgan fingerprint density at radius 3 is 2.26 bits per heavy atom. The molecule has 1 fully saturated rings. The van der Waals surface area contributed by atoms with Crippen molar-refractivity contribution in [3.63, 3.8) is 0 Å². The molecular weight excluding hydrogens is 338 g/mol. The summed E-state index contributed by atoms with van der Waals surface area (Å²) in [5.41, 5.74) is 2.51. The molecule has 1 unspecified atom stereocenters. The molecule has 144 valence electrons. The van der Waals surface area contributed by atoms with Crippen LogP contribution in [0.3, 0.4) is 0 Å². The van der Waals surface area contributed by atoms with Crippen LogP contribution in [0.15, 0.2) is 48.5 Å². The second-order valence-corrected chi connectivity index (χ2v) is 8.08. The third-order valence-electron chi connectivity index (χ3n) is 5.16. The lowest BCUT2D eigenvalue weighted by atomic mass is 9.87. The zero-order valence-corrected chi connectivity index (χ0v) is 16.7. The Morgan fingerprint density at radius 2 is 1.67 bits per heavy atom. The minimum atomic E-state index is 0.0354. The van der Waals surface area contributed by atoms with Gasteiger partial charge in [-0.15, -0.1) is 0 Å². The third kappa shape index (κ3) is 4.62. The monoisotopic (exact) mass is 367 g/mol. The van der Waals surface area contributed by atoms with Crippen molar-refractivity contribution in [3.05, 3.63) is 59.7 Å². The Labute approximate surface area is 162 Å². The van der Waals surface area contributed by atoms with E-state index in [1.165, 1.54) is 5.56 Å². The Bertz CT molecular complexity index is 760. The van der Waals surface area contributed by atoms with E-state index in [1.54, 1.807) is 7.11 Å². The highest BCUT2D eigenvalue weighted by Crippen LogP contribution is 2.33. The first-order chi connectivity index (χ1) is 12.9. The SMILES string of the molecule is COc1ccc(C2CCCN2C(=O)COc2ccc(C(C)(C)C)cc2)cc1. The van der Waals surface area contributed by atoms with E-state index in [-0.39, 0.29) is 24.0 Å². The standard InChI is InChI=1S/C23H29NO3/c1-23(2,3)18-9-13-20(14-10-18)27-16-22(25)24-15-5-6-21(24)17-7-11-19(26-4)12-8-17/h7-14,21H,5-6,15-16H2,1-4H3. The second-order valence-electron chi connectivity index (χ2n) is 8.08. The molecular formula is C23H29NO3. The minimum Gasteiger partial charge on any atom is -0.497 e. The first kappa shape index (κ1) is 19.3. The van der Waals surface area contributed by atoms with Gasteiger partial charge in [-0.1, -0.05) is 45.0 Å². The highest BCUT2D eigenvalue weighted by Gasteiger charge is 2.30. The fourth-order valence-corrected chi connectivity index (χ4v) is 3.52. The topological polar surface area (TPSA) is 38.8 Å². The average molecular weight is 367 g/mol. The summed E-state index contributed by atoms with van der Waals surface area (Å²) < 4.78 is 11.0. The third-order valence-corrected chi connectivity index (χ3v) is 5.16. The second kappa shape index (κ2) is 8.03. The van der Waals surface area contributed by atoms with E-state index in [0.29, 0.717) is 0 Å². The highest BCUT2D eigenvalue weighted by molar-refractivity contribution is 5.78. The van der Waals surface area contributed by atoms with Crippen molar-refractivity contribution in [1.29, 1.82) is 0 Å². The maximum absolute atomic E-state index is 12.7. The van der Waals surface area contributed by atoms with Crippen LogP contribution in [0.25, 0.3) is 0 Å². The molecule has 1 amide bonds. The Kier molecular flexibility index (Phi) is 5.73. The molecule has 0 saturated carbocycles. The molecule has 4 nitrogen and oxygen atoms in total. The molecule has 0 spiro atoms. The number of hydrogen-bond acceptors (Lipinski definition) is 3. The van der Waals surface area contributed by atoms with Gasteiger partial charge < -0.3 is 14.4 Å². The molecule has 0 aromatic heterocycles. The quantitative estimate of drug-likeness (QED) is 0.766. The van der Waals surface area contributed by atoms with Crippen LogP contribution in [0.4, 0.5) is 0 Å². The fraction of sp³-hybridized carbons (Fsp3) is 0.435. The van der Waals surface area contributed by atoms with Crippen molar-refractivity contribution >= 4 is 5.91 Å². The number of rotatable bonds is 5. The maximum atomic E-state index is 12.7. The lowest BCUT2D eigenvalue weighted by molar-refractivity contribution is -0.134. The van der Waals surface area contributed by atoms with Crippen LogP contribution < -0.4 is 9.47 Å². The van der Waals surface area contributed by atoms with Crippen LogP contribution in [-0.2, 0) is 10.2 Å². The number of carbonyl (C=O) groups excluding carboxylic acids is 1. The Morgan fingerprint density at radius 1 is 1.04 bits per heavy atom. The number of hydrogen-bond donors (Lipinski definition) is 0. The smallest absolute Gasteiger partial charge is 0.261 e. The molecule has 1 heterocycles. The molecule has 1 saturated heterocycles. The van der Waals surface area contributed by atoms with Crippen molar-refractivity contribution in [2.45, 2.75) is 45.1 Å². The lowest BCUT2D eigenvalue weighted by Crippen LogP contribution is -2.34. The number of amides is 1. The summed E-state index contributed by atoms with van der Waals surface area (Å²) in [7, 11) is 1.66. The molecule has 4 heteroatoms. The van der Waals surface area contributed by atoms with Gasteiger partial charge in [0.25, 0.3) is 5.91 Å². The molecule has 0 radical (unpaired) electrons. The van der Waals surface area contributed by atoms with Crippen LogP contribution >= 0.6 is 0 Å². The molecule has 1 aliphatic heterocycles. The Hall–Kier alpha value is -2.49. The van der Waals surface area contributed by atoms with Gasteiger partial charge in [0.05, 0.1) is 13.2 Å². The highest BCUT2D eigenvalue weighted by atomic mass is 16.5. The van der Waals surface area contributed by atoms with Crippen molar-refractivity contribution in [2.24, 2.45) is 0 Å². The van der Waals surface area contributed by atoms with Gasteiger partial charge in [-0.05, 0) is 53.6 Å². The molecule has 0 bridgehead atoms. The number of nitrogens with zero attached hydrogens (tertiary/aromatic N) is 1. The van der Waals surface area contributed by atoms with Gasteiger partial charge in [0.1, 0.15) is 11.5 Å². The van der Waals surface area contributed by atoms with E-state index in [9.17, 15) is 4.79 Å². The fourth-order valence-electron chi connectivity index (χ4n) is 3.52. The molecule has 0 N–H and O–H groups in total. The van der Waals surface area contributed by atoms with E-state index in [2.05, 4.69) is 32.9 Å². The van der Waals surface area contributed by atoms with Gasteiger partial charge in [0, 0.05) is 6.54 Å². The molecule has 1 atom stereocenters. The van der Waals surface area contributed by atoms with Gasteiger partial charge >= 0.3 is 0 Å². The largest absolute Gasteiger partial charge is 0.497 e. The summed E-state index contributed by atoms with van der Waals surface area (Å²) in [5, 5.41) is 0. The van der Waals surface area contributed by atoms with Gasteiger partial charge in [0.15, 0.2) is 6.61 Å². The number of likely N-dealkylation sites (tertiary alicyclic amines) is 1. The molecule has 3 rings (SSSR count). The van der Waals surface area contributed by atoms with E-state index >= 15 is 0 Å². The van der Waals surface area contributed by atoms with E-state index < -0.39 is 0 Å². The summed E-state index contributed by atoms with van der Waals surface area (Å²) in [4.78, 5) is 14.7. The Balaban J connectivity index is 1.61. The molecule has 0 aliphatic carbocycles. The summed E-state index contributed by atoms with van der Waals surface area (Å²) in [5.74, 6) is 1.60. The first-order valence-corrected chi connectivity index (χ1v) is 9.55. The summed E-state index contributed by atoms with van der Waals surface area (Å²) >= 11 is 0. The van der Waals surface area contributed by atoms with E-state index in [4.69, 9.17) is 9.47 Å². The van der Waals surface area contributed by atoms with Gasteiger partial charge in [-0.3, -0.25) is 4.79 Å². The molecule has 2 aromatic rings. The van der Waals surface area contributed by atoms with Crippen molar-refractivity contribution in [1.82, 2.24) is 4.90 Å². The van der Waals surface area contributed by atoms with Crippen LogP contribution in [0, 0.1) is 0 Å². The molecule has 27 heavy (non-hydrogen) atoms. The maximum Gasteiger partial charge on any atom is 0.261 e. The number of carbonyl (C=O) groups is 1. The van der Waals surface area contributed by atoms with Crippen LogP contribution in [0.2, 0.25) is 0 Å². The van der Waals surface area contributed by atoms with Gasteiger partial charge in [-0.25, -0.2) is 0 Å². The zero-order valence-electron chi connectivity index (χ0n) is 16.7.